The van der Waals surface area contributed by atoms with Crippen molar-refractivity contribution in [2.75, 3.05) is 11.9 Å². The van der Waals surface area contributed by atoms with Gasteiger partial charge in [0.25, 0.3) is 0 Å². The van der Waals surface area contributed by atoms with Crippen LogP contribution in [0.1, 0.15) is 41.1 Å². The number of pyridine rings is 2. The molecule has 0 aliphatic carbocycles. The molecular weight excluding hydrogens is 516 g/mol. The van der Waals surface area contributed by atoms with Gasteiger partial charge in [0.1, 0.15) is 5.82 Å². The summed E-state index contributed by atoms with van der Waals surface area (Å²) in [6.45, 7) is 4.66. The van der Waals surface area contributed by atoms with Crippen LogP contribution >= 0.6 is 12.2 Å². The average Bonchev–Trinajstić information content (AvgIpc) is 3.47. The van der Waals surface area contributed by atoms with Crippen LogP contribution < -0.4 is 10.6 Å². The van der Waals surface area contributed by atoms with Gasteiger partial charge in [0.15, 0.2) is 5.11 Å². The number of amides is 1. The van der Waals surface area contributed by atoms with Crippen molar-refractivity contribution in [3.8, 4) is 5.82 Å². The van der Waals surface area contributed by atoms with Gasteiger partial charge < -0.3 is 20.1 Å². The first-order chi connectivity index (χ1) is 19.5. The van der Waals surface area contributed by atoms with Crippen molar-refractivity contribution in [3.05, 3.63) is 120 Å². The Labute approximate surface area is 238 Å². The predicted octanol–water partition coefficient (Wildman–Crippen LogP) is 6.04. The lowest BCUT2D eigenvalue weighted by molar-refractivity contribution is -0.116. The quantitative estimate of drug-likeness (QED) is 0.243. The fraction of sp³-hybridized carbons (Fsp3) is 0.188. The van der Waals surface area contributed by atoms with E-state index in [-0.39, 0.29) is 24.4 Å². The predicted molar refractivity (Wildman–Crippen MR) is 162 cm³/mol. The topological polar surface area (TPSA) is 75.1 Å². The fourth-order valence-corrected chi connectivity index (χ4v) is 6.01. The second-order valence-electron chi connectivity index (χ2n) is 9.99. The summed E-state index contributed by atoms with van der Waals surface area (Å²) in [6, 6.07) is 27.7. The molecular formula is C32H30N6OS. The van der Waals surface area contributed by atoms with Crippen molar-refractivity contribution in [2.24, 2.45) is 0 Å². The van der Waals surface area contributed by atoms with E-state index in [9.17, 15) is 4.79 Å². The van der Waals surface area contributed by atoms with Crippen molar-refractivity contribution in [1.82, 2.24) is 24.8 Å². The molecule has 0 saturated carbocycles. The van der Waals surface area contributed by atoms with E-state index in [1.807, 2.05) is 78.9 Å². The molecule has 7 nitrogen and oxygen atoms in total. The molecule has 2 atom stereocenters. The maximum absolute atomic E-state index is 13.2. The van der Waals surface area contributed by atoms with Crippen LogP contribution in [0.15, 0.2) is 97.3 Å². The molecule has 0 spiro atoms. The maximum Gasteiger partial charge on any atom is 0.226 e. The number of hydrogen-bond donors (Lipinski definition) is 2. The third-order valence-corrected chi connectivity index (χ3v) is 7.86. The summed E-state index contributed by atoms with van der Waals surface area (Å²) >= 11 is 5.85. The number of anilines is 1. The molecule has 2 unspecified atom stereocenters. The molecule has 2 N–H and O–H groups in total. The van der Waals surface area contributed by atoms with Crippen LogP contribution in [-0.2, 0) is 4.79 Å². The molecule has 4 heterocycles. The molecule has 0 bridgehead atoms. The lowest BCUT2D eigenvalue weighted by atomic mass is 9.96. The molecule has 3 aromatic heterocycles. The largest absolute Gasteiger partial charge is 0.352 e. The van der Waals surface area contributed by atoms with Crippen molar-refractivity contribution in [2.45, 2.75) is 32.4 Å². The van der Waals surface area contributed by atoms with E-state index in [1.165, 1.54) is 0 Å². The summed E-state index contributed by atoms with van der Waals surface area (Å²) in [5.74, 6) is 0.811. The normalized spacial score (nSPS) is 16.8. The van der Waals surface area contributed by atoms with Crippen molar-refractivity contribution in [1.29, 1.82) is 0 Å². The van der Waals surface area contributed by atoms with E-state index in [1.54, 1.807) is 12.4 Å². The van der Waals surface area contributed by atoms with Gasteiger partial charge in [-0.3, -0.25) is 9.78 Å². The Bertz CT molecular complexity index is 1680. The molecule has 40 heavy (non-hydrogen) atoms. The molecule has 0 radical (unpaired) electrons. The number of nitrogens with zero attached hydrogens (tertiary/aromatic N) is 4. The number of fused-ring (bicyclic) bond motifs is 1. The standard InChI is InChI=1S/C32H30N6OS/c1-21-20-25(22(2)38(21)28-15-6-8-18-34-28)31-30(27-13-5-7-17-33-27)36-32(40)37(31)19-16-29(39)35-26-14-9-11-23-10-3-4-12-24(23)26/h3-15,17-18,20,30-31H,16,19H2,1-2H3,(H,35,39)(H,36,40). The smallest absolute Gasteiger partial charge is 0.226 e. The zero-order valence-corrected chi connectivity index (χ0v) is 23.2. The zero-order chi connectivity index (χ0) is 27.6. The average molecular weight is 547 g/mol. The van der Waals surface area contributed by atoms with Crippen molar-refractivity contribution in [3.63, 3.8) is 0 Å². The number of thiocarbonyl (C=S) groups is 1. The first kappa shape index (κ1) is 25.7. The number of hydrogen-bond acceptors (Lipinski definition) is 4. The molecule has 8 heteroatoms. The third kappa shape index (κ3) is 4.82. The van der Waals surface area contributed by atoms with Gasteiger partial charge in [0.2, 0.25) is 5.91 Å². The molecule has 5 aromatic rings. The van der Waals surface area contributed by atoms with Crippen LogP contribution in [-0.4, -0.2) is 37.0 Å². The molecule has 200 valence electrons. The number of aromatic nitrogens is 3. The van der Waals surface area contributed by atoms with Gasteiger partial charge in [-0.2, -0.15) is 0 Å². The molecule has 1 aliphatic heterocycles. The Hall–Kier alpha value is -4.56. The lowest BCUT2D eigenvalue weighted by Crippen LogP contribution is -2.33. The van der Waals surface area contributed by atoms with E-state index in [4.69, 9.17) is 12.2 Å². The lowest BCUT2D eigenvalue weighted by Gasteiger charge is -2.28. The van der Waals surface area contributed by atoms with Gasteiger partial charge in [-0.05, 0) is 73.4 Å². The molecule has 6 rings (SSSR count). The summed E-state index contributed by atoms with van der Waals surface area (Å²) < 4.78 is 2.16. The van der Waals surface area contributed by atoms with Crippen LogP contribution in [0.3, 0.4) is 0 Å². The third-order valence-electron chi connectivity index (χ3n) is 7.51. The van der Waals surface area contributed by atoms with Gasteiger partial charge in [-0.25, -0.2) is 4.98 Å². The summed E-state index contributed by atoms with van der Waals surface area (Å²) in [6.07, 6.45) is 3.89. The van der Waals surface area contributed by atoms with Crippen LogP contribution in [0.5, 0.6) is 0 Å². The fourth-order valence-electron chi connectivity index (χ4n) is 5.68. The summed E-state index contributed by atoms with van der Waals surface area (Å²) in [7, 11) is 0. The van der Waals surface area contributed by atoms with Gasteiger partial charge in [-0.1, -0.05) is 48.5 Å². The molecule has 1 amide bonds. The molecule has 2 aromatic carbocycles. The number of benzene rings is 2. The second-order valence-corrected chi connectivity index (χ2v) is 10.4. The zero-order valence-electron chi connectivity index (χ0n) is 22.4. The summed E-state index contributed by atoms with van der Waals surface area (Å²) in [5.41, 5.74) is 5.00. The Kier molecular flexibility index (Phi) is 7.00. The van der Waals surface area contributed by atoms with E-state index in [2.05, 4.69) is 50.0 Å². The first-order valence-corrected chi connectivity index (χ1v) is 13.8. The summed E-state index contributed by atoms with van der Waals surface area (Å²) in [5, 5.41) is 9.34. The number of nitrogens with one attached hydrogen (secondary N) is 2. The Morgan fingerprint density at radius 1 is 0.950 bits per heavy atom. The molecule has 1 fully saturated rings. The minimum Gasteiger partial charge on any atom is -0.352 e. The molecule has 1 saturated heterocycles. The minimum atomic E-state index is -0.160. The van der Waals surface area contributed by atoms with Gasteiger partial charge in [0.05, 0.1) is 17.8 Å². The van der Waals surface area contributed by atoms with Crippen LogP contribution in [0.2, 0.25) is 0 Å². The Balaban J connectivity index is 1.30. The van der Waals surface area contributed by atoms with E-state index in [0.29, 0.717) is 11.7 Å². The van der Waals surface area contributed by atoms with Crippen LogP contribution in [0, 0.1) is 13.8 Å². The maximum atomic E-state index is 13.2. The number of aryl methyl sites for hydroxylation is 1. The first-order valence-electron chi connectivity index (χ1n) is 13.4. The highest BCUT2D eigenvalue weighted by molar-refractivity contribution is 7.80. The van der Waals surface area contributed by atoms with Gasteiger partial charge in [0, 0.05) is 47.8 Å². The monoisotopic (exact) mass is 546 g/mol. The number of carbonyl (C=O) groups excluding carboxylic acids is 1. The Morgan fingerprint density at radius 3 is 2.48 bits per heavy atom. The Morgan fingerprint density at radius 2 is 1.70 bits per heavy atom. The SMILES string of the molecule is Cc1cc(C2C(c3ccccn3)NC(=S)N2CCC(=O)Nc2cccc3ccccc23)c(C)n1-c1ccccn1. The summed E-state index contributed by atoms with van der Waals surface area (Å²) in [4.78, 5) is 24.6. The minimum absolute atomic E-state index is 0.0573. The second kappa shape index (κ2) is 10.9. The van der Waals surface area contributed by atoms with Crippen molar-refractivity contribution >= 4 is 39.7 Å². The van der Waals surface area contributed by atoms with E-state index >= 15 is 0 Å². The highest BCUT2D eigenvalue weighted by Gasteiger charge is 2.41. The number of rotatable bonds is 7. The van der Waals surface area contributed by atoms with Crippen molar-refractivity contribution < 1.29 is 4.79 Å². The van der Waals surface area contributed by atoms with E-state index in [0.717, 1.165) is 44.9 Å². The van der Waals surface area contributed by atoms with E-state index < -0.39 is 0 Å². The van der Waals surface area contributed by atoms with Crippen LogP contribution in [0.25, 0.3) is 16.6 Å². The highest BCUT2D eigenvalue weighted by Crippen LogP contribution is 2.41. The number of carbonyl (C=O) groups is 1. The van der Waals surface area contributed by atoms with Gasteiger partial charge >= 0.3 is 0 Å². The highest BCUT2D eigenvalue weighted by atomic mass is 32.1. The van der Waals surface area contributed by atoms with Gasteiger partial charge in [-0.15, -0.1) is 0 Å². The van der Waals surface area contributed by atoms with Crippen LogP contribution in [0.4, 0.5) is 5.69 Å². The molecule has 1 aliphatic rings.